The SMILES string of the molecule is Cn1cccc1/C=C1/OC(C(Cl)(Cl)Cl)OC1=O. The van der Waals surface area contributed by atoms with Crippen LogP contribution in [0.5, 0.6) is 0 Å². The van der Waals surface area contributed by atoms with Crippen LogP contribution >= 0.6 is 34.8 Å². The number of aromatic nitrogens is 1. The third-order valence-corrected chi connectivity index (χ3v) is 2.71. The third kappa shape index (κ3) is 2.70. The Morgan fingerprint density at radius 2 is 2.12 bits per heavy atom. The van der Waals surface area contributed by atoms with Crippen LogP contribution in [0.2, 0.25) is 0 Å². The number of alkyl halides is 3. The molecule has 1 fully saturated rings. The Bertz CT molecular complexity index is 475. The number of hydrogen-bond acceptors (Lipinski definition) is 3. The predicted octanol–water partition coefficient (Wildman–Crippen LogP) is 2.64. The van der Waals surface area contributed by atoms with Crippen LogP contribution in [0.4, 0.5) is 0 Å². The van der Waals surface area contributed by atoms with Crippen molar-refractivity contribution in [2.75, 3.05) is 0 Å². The number of hydrogen-bond donors (Lipinski definition) is 0. The van der Waals surface area contributed by atoms with Crippen LogP contribution < -0.4 is 0 Å². The molecule has 0 N–H and O–H groups in total. The van der Waals surface area contributed by atoms with Crippen LogP contribution in [-0.2, 0) is 21.3 Å². The molecule has 1 unspecified atom stereocenters. The van der Waals surface area contributed by atoms with E-state index in [1.165, 1.54) is 6.08 Å². The molecule has 92 valence electrons. The van der Waals surface area contributed by atoms with Crippen LogP contribution in [0, 0.1) is 0 Å². The molecule has 0 saturated carbocycles. The highest BCUT2D eigenvalue weighted by Gasteiger charge is 2.44. The molecule has 0 aromatic carbocycles. The molecule has 1 atom stereocenters. The largest absolute Gasteiger partial charge is 0.443 e. The van der Waals surface area contributed by atoms with Crippen molar-refractivity contribution in [3.8, 4) is 0 Å². The molecule has 1 aliphatic heterocycles. The van der Waals surface area contributed by atoms with E-state index in [-0.39, 0.29) is 5.76 Å². The summed E-state index contributed by atoms with van der Waals surface area (Å²) < 4.78 is 9.94. The lowest BCUT2D eigenvalue weighted by molar-refractivity contribution is -0.142. The van der Waals surface area contributed by atoms with Crippen LogP contribution in [0.15, 0.2) is 24.1 Å². The Hall–Kier alpha value is -0.840. The molecule has 7 heteroatoms. The van der Waals surface area contributed by atoms with E-state index >= 15 is 0 Å². The maximum absolute atomic E-state index is 11.5. The molecule has 0 radical (unpaired) electrons. The summed E-state index contributed by atoms with van der Waals surface area (Å²) in [5.41, 5.74) is 0.780. The smallest absolute Gasteiger partial charge is 0.377 e. The monoisotopic (exact) mass is 295 g/mol. The fourth-order valence-electron chi connectivity index (χ4n) is 1.33. The zero-order valence-corrected chi connectivity index (χ0v) is 11.0. The van der Waals surface area contributed by atoms with E-state index < -0.39 is 16.1 Å². The first-order valence-corrected chi connectivity index (χ1v) is 5.79. The number of carbonyl (C=O) groups is 1. The van der Waals surface area contributed by atoms with E-state index in [9.17, 15) is 4.79 Å². The van der Waals surface area contributed by atoms with Crippen molar-refractivity contribution in [2.24, 2.45) is 7.05 Å². The number of aryl methyl sites for hydroxylation is 1. The lowest BCUT2D eigenvalue weighted by Gasteiger charge is -2.15. The molecule has 0 aliphatic carbocycles. The fraction of sp³-hybridized carbons (Fsp3) is 0.300. The van der Waals surface area contributed by atoms with Gasteiger partial charge in [0.15, 0.2) is 0 Å². The van der Waals surface area contributed by atoms with Gasteiger partial charge in [0.1, 0.15) is 0 Å². The average molecular weight is 297 g/mol. The van der Waals surface area contributed by atoms with E-state index in [4.69, 9.17) is 44.3 Å². The summed E-state index contributed by atoms with van der Waals surface area (Å²) in [7, 11) is 1.83. The molecule has 1 aromatic rings. The number of nitrogens with zero attached hydrogens (tertiary/aromatic N) is 1. The maximum atomic E-state index is 11.5. The van der Waals surface area contributed by atoms with Crippen molar-refractivity contribution in [2.45, 2.75) is 10.1 Å². The van der Waals surface area contributed by atoms with Gasteiger partial charge in [0.05, 0.1) is 0 Å². The van der Waals surface area contributed by atoms with Crippen molar-refractivity contribution in [1.82, 2.24) is 4.57 Å². The second kappa shape index (κ2) is 4.44. The molecule has 1 aliphatic rings. The van der Waals surface area contributed by atoms with Gasteiger partial charge in [-0.05, 0) is 12.1 Å². The van der Waals surface area contributed by atoms with E-state index in [0.29, 0.717) is 0 Å². The van der Waals surface area contributed by atoms with Crippen molar-refractivity contribution in [3.63, 3.8) is 0 Å². The van der Waals surface area contributed by atoms with Crippen LogP contribution in [0.3, 0.4) is 0 Å². The lowest BCUT2D eigenvalue weighted by Crippen LogP contribution is -2.26. The molecule has 0 amide bonds. The molecule has 1 saturated heterocycles. The Morgan fingerprint density at radius 3 is 2.59 bits per heavy atom. The lowest BCUT2D eigenvalue weighted by atomic mass is 10.3. The normalized spacial score (nSPS) is 22.7. The number of cyclic esters (lactones) is 1. The molecule has 2 rings (SSSR count). The van der Waals surface area contributed by atoms with Gasteiger partial charge in [-0.15, -0.1) is 0 Å². The van der Waals surface area contributed by atoms with E-state index in [0.717, 1.165) is 5.69 Å². The van der Waals surface area contributed by atoms with Crippen molar-refractivity contribution < 1.29 is 14.3 Å². The van der Waals surface area contributed by atoms with E-state index in [1.807, 2.05) is 29.9 Å². The molecule has 2 heterocycles. The summed E-state index contributed by atoms with van der Waals surface area (Å²) in [6, 6.07) is 3.64. The second-order valence-corrected chi connectivity index (χ2v) is 5.82. The van der Waals surface area contributed by atoms with Crippen LogP contribution in [0.1, 0.15) is 5.69 Å². The van der Waals surface area contributed by atoms with Gasteiger partial charge in [0.2, 0.25) is 5.76 Å². The summed E-state index contributed by atoms with van der Waals surface area (Å²) in [6.07, 6.45) is 2.14. The Kier molecular flexibility index (Phi) is 3.30. The first kappa shape index (κ1) is 12.6. The molecule has 0 spiro atoms. The number of halogens is 3. The highest BCUT2D eigenvalue weighted by molar-refractivity contribution is 6.68. The standard InChI is InChI=1S/C10H8Cl3NO3/c1-14-4-2-3-6(14)5-7-8(15)17-9(16-7)10(11,12)13/h2-5,9H,1H3/b7-5+. The van der Waals surface area contributed by atoms with Crippen molar-refractivity contribution in [3.05, 3.63) is 29.8 Å². The molecular formula is C10H8Cl3NO3. The molecule has 4 nitrogen and oxygen atoms in total. The number of esters is 1. The van der Waals surface area contributed by atoms with E-state index in [2.05, 4.69) is 0 Å². The van der Waals surface area contributed by atoms with Crippen molar-refractivity contribution >= 4 is 46.8 Å². The van der Waals surface area contributed by atoms with Gasteiger partial charge in [-0.2, -0.15) is 0 Å². The van der Waals surface area contributed by atoms with Gasteiger partial charge in [0, 0.05) is 25.0 Å². The Labute approximate surface area is 113 Å². The van der Waals surface area contributed by atoms with Gasteiger partial charge in [-0.3, -0.25) is 0 Å². The second-order valence-electron chi connectivity index (χ2n) is 3.45. The van der Waals surface area contributed by atoms with Gasteiger partial charge in [0.25, 0.3) is 10.1 Å². The summed E-state index contributed by atoms with van der Waals surface area (Å²) >= 11 is 16.7. The number of rotatable bonds is 1. The van der Waals surface area contributed by atoms with Crippen LogP contribution in [-0.4, -0.2) is 20.6 Å². The molecular weight excluding hydrogens is 288 g/mol. The summed E-state index contributed by atoms with van der Waals surface area (Å²) in [5, 5.41) is 0. The maximum Gasteiger partial charge on any atom is 0.377 e. The van der Waals surface area contributed by atoms with Gasteiger partial charge < -0.3 is 14.0 Å². The van der Waals surface area contributed by atoms with Gasteiger partial charge in [-0.1, -0.05) is 34.8 Å². The quantitative estimate of drug-likeness (QED) is 0.454. The predicted molar refractivity (Wildman–Crippen MR) is 64.6 cm³/mol. The van der Waals surface area contributed by atoms with E-state index in [1.54, 1.807) is 0 Å². The van der Waals surface area contributed by atoms with Crippen molar-refractivity contribution in [1.29, 1.82) is 0 Å². The fourth-order valence-corrected chi connectivity index (χ4v) is 1.60. The minimum Gasteiger partial charge on any atom is -0.443 e. The Morgan fingerprint density at radius 1 is 1.41 bits per heavy atom. The van der Waals surface area contributed by atoms with Gasteiger partial charge in [-0.25, -0.2) is 4.79 Å². The Balaban J connectivity index is 2.22. The molecule has 17 heavy (non-hydrogen) atoms. The minimum absolute atomic E-state index is 0.0168. The van der Waals surface area contributed by atoms with Gasteiger partial charge >= 0.3 is 5.97 Å². The highest BCUT2D eigenvalue weighted by Crippen LogP contribution is 2.37. The summed E-state index contributed by atoms with van der Waals surface area (Å²) in [5.74, 6) is -0.634. The minimum atomic E-state index is -1.81. The number of ether oxygens (including phenoxy) is 2. The average Bonchev–Trinajstić information content (AvgIpc) is 2.75. The number of carbonyl (C=O) groups excluding carboxylic acids is 1. The summed E-state index contributed by atoms with van der Waals surface area (Å²) in [4.78, 5) is 11.5. The summed E-state index contributed by atoms with van der Waals surface area (Å²) in [6.45, 7) is 0. The van der Waals surface area contributed by atoms with Crippen LogP contribution in [0.25, 0.3) is 6.08 Å². The zero-order valence-electron chi connectivity index (χ0n) is 8.69. The zero-order chi connectivity index (χ0) is 12.6. The molecule has 1 aromatic heterocycles. The highest BCUT2D eigenvalue weighted by atomic mass is 35.6. The third-order valence-electron chi connectivity index (χ3n) is 2.18. The first-order chi connectivity index (χ1) is 7.88. The topological polar surface area (TPSA) is 40.5 Å². The molecule has 0 bridgehead atoms. The first-order valence-electron chi connectivity index (χ1n) is 4.65.